The second-order valence-electron chi connectivity index (χ2n) is 8.84. The third kappa shape index (κ3) is 4.78. The molecule has 0 saturated heterocycles. The minimum absolute atomic E-state index is 0.0212. The minimum Gasteiger partial charge on any atom is -0.493 e. The van der Waals surface area contributed by atoms with Crippen molar-refractivity contribution >= 4 is 41.8 Å². The van der Waals surface area contributed by atoms with E-state index >= 15 is 0 Å². The van der Waals surface area contributed by atoms with Gasteiger partial charge >= 0.3 is 20.2 Å². The first-order valence-electron chi connectivity index (χ1n) is 12.1. The first-order valence-corrected chi connectivity index (χ1v) is 14.9. The minimum atomic E-state index is -4.78. The molecule has 0 atom stereocenters. The molecular formula is C26H20N2O14S2. The summed E-state index contributed by atoms with van der Waals surface area (Å²) in [5, 5.41) is -1.94. The lowest BCUT2D eigenvalue weighted by molar-refractivity contribution is 0.263. The fraction of sp³-hybridized carbons (Fsp3) is 0.154. The molecule has 5 rings (SSSR count). The zero-order chi connectivity index (χ0) is 32.1. The van der Waals surface area contributed by atoms with Crippen molar-refractivity contribution in [3.05, 3.63) is 89.9 Å². The van der Waals surface area contributed by atoms with Crippen LogP contribution in [0.25, 0.3) is 21.5 Å². The van der Waals surface area contributed by atoms with Crippen molar-refractivity contribution in [2.45, 2.75) is 9.79 Å². The van der Waals surface area contributed by atoms with Gasteiger partial charge in [0.05, 0.1) is 50.0 Å². The maximum absolute atomic E-state index is 13.0. The van der Waals surface area contributed by atoms with Gasteiger partial charge < -0.3 is 18.9 Å². The zero-order valence-corrected chi connectivity index (χ0v) is 24.7. The van der Waals surface area contributed by atoms with E-state index in [0.717, 1.165) is 36.4 Å². The molecule has 0 aliphatic rings. The molecule has 0 bridgehead atoms. The highest BCUT2D eigenvalue weighted by Gasteiger charge is 2.28. The van der Waals surface area contributed by atoms with E-state index in [9.17, 15) is 36.0 Å². The molecule has 2 aromatic heterocycles. The fourth-order valence-corrected chi connectivity index (χ4v) is 6.10. The summed E-state index contributed by atoms with van der Waals surface area (Å²) in [6, 6.07) is 8.47. The van der Waals surface area contributed by atoms with Gasteiger partial charge in [0.2, 0.25) is 0 Å². The molecule has 0 fully saturated rings. The van der Waals surface area contributed by atoms with E-state index in [2.05, 4.69) is 0 Å². The smallest absolute Gasteiger partial charge is 0.357 e. The summed E-state index contributed by atoms with van der Waals surface area (Å²) in [7, 11) is -4.37. The first kappa shape index (κ1) is 30.1. The maximum atomic E-state index is 13.0. The second-order valence-corrected chi connectivity index (χ2v) is 11.9. The van der Waals surface area contributed by atoms with Gasteiger partial charge in [0, 0.05) is 12.1 Å². The predicted octanol–water partition coefficient (Wildman–Crippen LogP) is -0.418. The molecule has 230 valence electrons. The van der Waals surface area contributed by atoms with Crippen LogP contribution in [0.15, 0.2) is 77.5 Å². The molecule has 3 aromatic carbocycles. The standard InChI is InChI=1S/C26H20N2O14S2/c1-37-19-7-5-13(9-21(19)39-3)43(33,34)41-27-23(29)15-11-17-18(12-16(15)24(27)30)26(32)28(25(17)31)42-44(35,36)14-6-8-20(38-2)22(10-14)40-4/h5-12H,1-4H3. The maximum Gasteiger partial charge on any atom is 0.357 e. The molecule has 16 nitrogen and oxygen atoms in total. The molecule has 0 N–H and O–H groups in total. The van der Waals surface area contributed by atoms with Crippen LogP contribution in [-0.2, 0) is 20.2 Å². The molecule has 2 heterocycles. The molecule has 0 unspecified atom stereocenters. The normalized spacial score (nSPS) is 11.9. The molecule has 44 heavy (non-hydrogen) atoms. The summed E-state index contributed by atoms with van der Waals surface area (Å²) in [6.07, 6.45) is 0. The Labute approximate surface area is 246 Å². The van der Waals surface area contributed by atoms with Gasteiger partial charge in [-0.15, -0.1) is 0 Å². The van der Waals surface area contributed by atoms with Crippen LogP contribution in [0.1, 0.15) is 0 Å². The second kappa shape index (κ2) is 10.7. The highest BCUT2D eigenvalue weighted by Crippen LogP contribution is 2.30. The third-order valence-corrected chi connectivity index (χ3v) is 8.80. The summed E-state index contributed by atoms with van der Waals surface area (Å²) in [5.41, 5.74) is -5.08. The van der Waals surface area contributed by atoms with E-state index < -0.39 is 73.8 Å². The number of methoxy groups -OCH3 is 4. The lowest BCUT2D eigenvalue weighted by Crippen LogP contribution is -2.36. The Bertz CT molecular complexity index is 2160. The Morgan fingerprint density at radius 3 is 1.02 bits per heavy atom. The van der Waals surface area contributed by atoms with E-state index in [0.29, 0.717) is 0 Å². The molecular weight excluding hydrogens is 628 g/mol. The van der Waals surface area contributed by atoms with Crippen LogP contribution in [0, 0.1) is 0 Å². The Kier molecular flexibility index (Phi) is 7.34. The number of hydrogen-bond acceptors (Lipinski definition) is 14. The fourth-order valence-electron chi connectivity index (χ4n) is 4.29. The largest absolute Gasteiger partial charge is 0.493 e. The van der Waals surface area contributed by atoms with E-state index in [4.69, 9.17) is 27.5 Å². The van der Waals surface area contributed by atoms with Gasteiger partial charge in [-0.25, -0.2) is 0 Å². The van der Waals surface area contributed by atoms with Crippen LogP contribution < -0.4 is 49.8 Å². The average molecular weight is 649 g/mol. The topological polar surface area (TPSA) is 202 Å². The SMILES string of the molecule is COc1ccc(S(=O)(=O)On2c(=O)c3cc4c(=O)n(OS(=O)(=O)c5ccc(OC)c(OC)c5)c(=O)c4cc3c2=O)cc1OC. The molecule has 0 saturated carbocycles. The number of hydrogen-bond donors (Lipinski definition) is 0. The summed E-state index contributed by atoms with van der Waals surface area (Å²) in [6.45, 7) is 0. The van der Waals surface area contributed by atoms with E-state index in [1.807, 2.05) is 0 Å². The van der Waals surface area contributed by atoms with Crippen molar-refractivity contribution in [2.24, 2.45) is 0 Å². The van der Waals surface area contributed by atoms with Gasteiger partial charge in [-0.2, -0.15) is 16.8 Å². The van der Waals surface area contributed by atoms with Gasteiger partial charge in [0.1, 0.15) is 9.79 Å². The van der Waals surface area contributed by atoms with Crippen LogP contribution in [0.3, 0.4) is 0 Å². The van der Waals surface area contributed by atoms with E-state index in [-0.39, 0.29) is 32.5 Å². The van der Waals surface area contributed by atoms with Crippen molar-refractivity contribution < 1.29 is 44.4 Å². The van der Waals surface area contributed by atoms with Crippen molar-refractivity contribution in [1.29, 1.82) is 0 Å². The van der Waals surface area contributed by atoms with Crippen molar-refractivity contribution in [3.8, 4) is 23.0 Å². The van der Waals surface area contributed by atoms with Crippen molar-refractivity contribution in [2.75, 3.05) is 28.4 Å². The number of fused-ring (bicyclic) bond motifs is 2. The molecule has 0 aliphatic carbocycles. The van der Waals surface area contributed by atoms with Gasteiger partial charge in [-0.3, -0.25) is 27.7 Å². The molecule has 0 aliphatic heterocycles. The van der Waals surface area contributed by atoms with Gasteiger partial charge in [0.25, 0.3) is 22.2 Å². The molecule has 5 aromatic rings. The van der Waals surface area contributed by atoms with Crippen molar-refractivity contribution in [3.63, 3.8) is 0 Å². The van der Waals surface area contributed by atoms with Crippen LogP contribution in [0.5, 0.6) is 23.0 Å². The lowest BCUT2D eigenvalue weighted by atomic mass is 10.1. The Morgan fingerprint density at radius 1 is 0.455 bits per heavy atom. The summed E-state index contributed by atoms with van der Waals surface area (Å²) in [5.74, 6) is 0.442. The monoisotopic (exact) mass is 648 g/mol. The van der Waals surface area contributed by atoms with Crippen molar-refractivity contribution in [1.82, 2.24) is 9.46 Å². The molecule has 0 spiro atoms. The molecule has 0 radical (unpaired) electrons. The molecule has 18 heteroatoms. The highest BCUT2D eigenvalue weighted by molar-refractivity contribution is 7.87. The number of rotatable bonds is 10. The Hall–Kier alpha value is -5.36. The molecule has 0 amide bonds. The Balaban J connectivity index is 1.57. The lowest BCUT2D eigenvalue weighted by Gasteiger charge is -2.10. The third-order valence-electron chi connectivity index (χ3n) is 6.45. The highest BCUT2D eigenvalue weighted by atomic mass is 32.2. The van der Waals surface area contributed by atoms with Crippen LogP contribution in [0.4, 0.5) is 0 Å². The van der Waals surface area contributed by atoms with Crippen LogP contribution >= 0.6 is 0 Å². The van der Waals surface area contributed by atoms with Gasteiger partial charge in [-0.1, -0.05) is 9.46 Å². The number of ether oxygens (including phenoxy) is 4. The number of aromatic nitrogens is 2. The zero-order valence-electron chi connectivity index (χ0n) is 23.0. The predicted molar refractivity (Wildman–Crippen MR) is 152 cm³/mol. The average Bonchev–Trinajstić information content (AvgIpc) is 3.38. The van der Waals surface area contributed by atoms with E-state index in [1.165, 1.54) is 40.6 Å². The van der Waals surface area contributed by atoms with Gasteiger partial charge in [0.15, 0.2) is 23.0 Å². The summed E-state index contributed by atoms with van der Waals surface area (Å²) < 4.78 is 81.4. The van der Waals surface area contributed by atoms with Crippen LogP contribution in [0.2, 0.25) is 0 Å². The van der Waals surface area contributed by atoms with Gasteiger partial charge in [-0.05, 0) is 36.4 Å². The Morgan fingerprint density at radius 2 is 0.750 bits per heavy atom. The quantitative estimate of drug-likeness (QED) is 0.189. The van der Waals surface area contributed by atoms with Crippen LogP contribution in [-0.4, -0.2) is 54.7 Å². The number of benzene rings is 3. The number of nitrogens with zero attached hydrogens (tertiary/aromatic N) is 2. The first-order chi connectivity index (χ1) is 20.8. The summed E-state index contributed by atoms with van der Waals surface area (Å²) >= 11 is 0. The van der Waals surface area contributed by atoms with E-state index in [1.54, 1.807) is 0 Å². The summed E-state index contributed by atoms with van der Waals surface area (Å²) in [4.78, 5) is 51.2.